The highest BCUT2D eigenvalue weighted by Crippen LogP contribution is 2.18. The van der Waals surface area contributed by atoms with Crippen molar-refractivity contribution < 1.29 is 14.7 Å². The molecule has 1 aliphatic heterocycles. The highest BCUT2D eigenvalue weighted by molar-refractivity contribution is 5.75. The second-order valence-corrected chi connectivity index (χ2v) is 4.06. The van der Waals surface area contributed by atoms with Gasteiger partial charge in [0, 0.05) is 31.4 Å². The second kappa shape index (κ2) is 4.86. The third kappa shape index (κ3) is 2.96. The van der Waals surface area contributed by atoms with Gasteiger partial charge in [-0.25, -0.2) is 9.78 Å². The number of aliphatic carboxylic acids is 1. The van der Waals surface area contributed by atoms with E-state index in [0.717, 1.165) is 0 Å². The zero-order valence-electron chi connectivity index (χ0n) is 9.22. The number of carboxylic acid groups (broad SMARTS) is 1. The molecule has 3 N–H and O–H groups in total. The lowest BCUT2D eigenvalue weighted by Crippen LogP contribution is -2.54. The van der Waals surface area contributed by atoms with Gasteiger partial charge in [-0.15, -0.1) is 0 Å². The molecular weight excluding hydrogens is 224 g/mol. The monoisotopic (exact) mass is 238 g/mol. The molecule has 92 valence electrons. The van der Waals surface area contributed by atoms with Crippen LogP contribution in [-0.4, -0.2) is 45.1 Å². The van der Waals surface area contributed by atoms with E-state index in [9.17, 15) is 9.59 Å². The average molecular weight is 238 g/mol. The quantitative estimate of drug-likeness (QED) is 0.689. The van der Waals surface area contributed by atoms with Crippen LogP contribution in [0.2, 0.25) is 0 Å². The number of aromatic amines is 1. The third-order valence-electron chi connectivity index (χ3n) is 2.67. The number of imidazole rings is 1. The number of nitrogens with zero attached hydrogens (tertiary/aromatic N) is 2. The summed E-state index contributed by atoms with van der Waals surface area (Å²) in [6.45, 7) is 1.37. The summed E-state index contributed by atoms with van der Waals surface area (Å²) >= 11 is 0. The topological polar surface area (TPSA) is 98.3 Å². The first-order valence-electron chi connectivity index (χ1n) is 5.38. The van der Waals surface area contributed by atoms with Crippen molar-refractivity contribution in [1.82, 2.24) is 20.2 Å². The lowest BCUT2D eigenvalue weighted by atomic mass is 9.97. The van der Waals surface area contributed by atoms with Crippen LogP contribution in [-0.2, 0) is 11.3 Å². The zero-order valence-corrected chi connectivity index (χ0v) is 9.22. The molecule has 0 saturated carbocycles. The molecule has 0 atom stereocenters. The largest absolute Gasteiger partial charge is 0.481 e. The highest BCUT2D eigenvalue weighted by Gasteiger charge is 2.31. The average Bonchev–Trinajstić information content (AvgIpc) is 2.71. The van der Waals surface area contributed by atoms with E-state index >= 15 is 0 Å². The minimum absolute atomic E-state index is 0.0851. The van der Waals surface area contributed by atoms with Crippen LogP contribution in [0.1, 0.15) is 12.2 Å². The van der Waals surface area contributed by atoms with Crippen LogP contribution in [0, 0.1) is 5.92 Å². The Hall–Kier alpha value is -2.05. The molecule has 1 aromatic heterocycles. The third-order valence-corrected chi connectivity index (χ3v) is 2.67. The lowest BCUT2D eigenvalue weighted by molar-refractivity contribution is -0.139. The number of carboxylic acids is 1. The molecule has 0 aromatic carbocycles. The number of hydrogen-bond donors (Lipinski definition) is 3. The standard InChI is InChI=1S/C10H14N4O3/c15-9(16)3-7-5-14(6-7)10(17)13-4-8-11-1-2-12-8/h1-2,7H,3-6H2,(H,11,12)(H,13,17)(H,15,16). The van der Waals surface area contributed by atoms with Crippen molar-refractivity contribution in [3.8, 4) is 0 Å². The minimum Gasteiger partial charge on any atom is -0.481 e. The Bertz CT molecular complexity index is 398. The van der Waals surface area contributed by atoms with Crippen molar-refractivity contribution >= 4 is 12.0 Å². The van der Waals surface area contributed by atoms with E-state index in [1.54, 1.807) is 17.3 Å². The van der Waals surface area contributed by atoms with Crippen molar-refractivity contribution in [2.24, 2.45) is 5.92 Å². The molecule has 0 spiro atoms. The molecule has 1 aromatic rings. The maximum atomic E-state index is 11.6. The molecule has 17 heavy (non-hydrogen) atoms. The molecule has 7 nitrogen and oxygen atoms in total. The van der Waals surface area contributed by atoms with Crippen molar-refractivity contribution in [3.05, 3.63) is 18.2 Å². The number of carbonyl (C=O) groups excluding carboxylic acids is 1. The molecule has 7 heteroatoms. The van der Waals surface area contributed by atoms with Crippen molar-refractivity contribution in [2.45, 2.75) is 13.0 Å². The van der Waals surface area contributed by atoms with Crippen LogP contribution < -0.4 is 5.32 Å². The summed E-state index contributed by atoms with van der Waals surface area (Å²) in [5.41, 5.74) is 0. The highest BCUT2D eigenvalue weighted by atomic mass is 16.4. The molecule has 1 fully saturated rings. The van der Waals surface area contributed by atoms with Crippen molar-refractivity contribution in [1.29, 1.82) is 0 Å². The van der Waals surface area contributed by atoms with E-state index in [-0.39, 0.29) is 18.4 Å². The Balaban J connectivity index is 1.67. The lowest BCUT2D eigenvalue weighted by Gasteiger charge is -2.38. The van der Waals surface area contributed by atoms with Crippen LogP contribution in [0.15, 0.2) is 12.4 Å². The molecule has 2 amide bonds. The van der Waals surface area contributed by atoms with Gasteiger partial charge in [0.05, 0.1) is 13.0 Å². The van der Waals surface area contributed by atoms with Gasteiger partial charge in [-0.2, -0.15) is 0 Å². The van der Waals surface area contributed by atoms with Gasteiger partial charge >= 0.3 is 12.0 Å². The maximum Gasteiger partial charge on any atom is 0.317 e. The summed E-state index contributed by atoms with van der Waals surface area (Å²) < 4.78 is 0. The normalized spacial score (nSPS) is 15.4. The van der Waals surface area contributed by atoms with Crippen LogP contribution in [0.4, 0.5) is 4.79 Å². The molecule has 0 aliphatic carbocycles. The Morgan fingerprint density at radius 2 is 2.35 bits per heavy atom. The van der Waals surface area contributed by atoms with Gasteiger partial charge in [-0.1, -0.05) is 0 Å². The van der Waals surface area contributed by atoms with E-state index in [4.69, 9.17) is 5.11 Å². The first-order chi connectivity index (χ1) is 8.15. The number of likely N-dealkylation sites (tertiary alicyclic amines) is 1. The van der Waals surface area contributed by atoms with Gasteiger partial charge in [0.15, 0.2) is 0 Å². The van der Waals surface area contributed by atoms with E-state index in [1.165, 1.54) is 0 Å². The number of rotatable bonds is 4. The molecule has 1 aliphatic rings. The Kier molecular flexibility index (Phi) is 3.27. The van der Waals surface area contributed by atoms with Gasteiger partial charge in [0.2, 0.25) is 0 Å². The van der Waals surface area contributed by atoms with Crippen molar-refractivity contribution in [3.63, 3.8) is 0 Å². The number of hydrogen-bond acceptors (Lipinski definition) is 3. The summed E-state index contributed by atoms with van der Waals surface area (Å²) in [4.78, 5) is 30.5. The number of urea groups is 1. The second-order valence-electron chi connectivity index (χ2n) is 4.06. The summed E-state index contributed by atoms with van der Waals surface area (Å²) in [6.07, 6.45) is 3.43. The van der Waals surface area contributed by atoms with Gasteiger partial charge in [0.25, 0.3) is 0 Å². The fourth-order valence-electron chi connectivity index (χ4n) is 1.78. The molecule has 0 unspecified atom stereocenters. The first-order valence-corrected chi connectivity index (χ1v) is 5.38. The molecule has 2 heterocycles. The number of carbonyl (C=O) groups is 2. The SMILES string of the molecule is O=C(O)CC1CN(C(=O)NCc2ncc[nH]2)C1. The fraction of sp³-hybridized carbons (Fsp3) is 0.500. The summed E-state index contributed by atoms with van der Waals surface area (Å²) in [6, 6.07) is -0.178. The summed E-state index contributed by atoms with van der Waals surface area (Å²) in [5, 5.41) is 11.3. The van der Waals surface area contributed by atoms with Crippen LogP contribution in [0.3, 0.4) is 0 Å². The molecular formula is C10H14N4O3. The first kappa shape index (κ1) is 11.4. The van der Waals surface area contributed by atoms with Crippen LogP contribution >= 0.6 is 0 Å². The number of aromatic nitrogens is 2. The van der Waals surface area contributed by atoms with Crippen LogP contribution in [0.25, 0.3) is 0 Å². The molecule has 2 rings (SSSR count). The van der Waals surface area contributed by atoms with Crippen molar-refractivity contribution in [2.75, 3.05) is 13.1 Å². The predicted molar refractivity (Wildman–Crippen MR) is 58.1 cm³/mol. The smallest absolute Gasteiger partial charge is 0.317 e. The zero-order chi connectivity index (χ0) is 12.3. The molecule has 0 bridgehead atoms. The Morgan fingerprint density at radius 3 is 2.94 bits per heavy atom. The van der Waals surface area contributed by atoms with E-state index in [2.05, 4.69) is 15.3 Å². The fourth-order valence-corrected chi connectivity index (χ4v) is 1.78. The maximum absolute atomic E-state index is 11.6. The molecule has 1 saturated heterocycles. The summed E-state index contributed by atoms with van der Waals surface area (Å²) in [5.74, 6) is -0.0338. The predicted octanol–water partition coefficient (Wildman–Crippen LogP) is 0.0258. The van der Waals surface area contributed by atoms with E-state index in [0.29, 0.717) is 25.5 Å². The van der Waals surface area contributed by atoms with Gasteiger partial charge in [-0.3, -0.25) is 4.79 Å². The summed E-state index contributed by atoms with van der Waals surface area (Å²) in [7, 11) is 0. The van der Waals surface area contributed by atoms with E-state index < -0.39 is 5.97 Å². The number of amides is 2. The minimum atomic E-state index is -0.814. The number of H-pyrrole nitrogens is 1. The van der Waals surface area contributed by atoms with Gasteiger partial charge in [-0.05, 0) is 0 Å². The van der Waals surface area contributed by atoms with Gasteiger partial charge < -0.3 is 20.3 Å². The van der Waals surface area contributed by atoms with E-state index in [1.807, 2.05) is 0 Å². The Labute approximate surface area is 97.8 Å². The Morgan fingerprint density at radius 1 is 1.59 bits per heavy atom. The van der Waals surface area contributed by atoms with Gasteiger partial charge in [0.1, 0.15) is 5.82 Å². The number of nitrogens with one attached hydrogen (secondary N) is 2. The van der Waals surface area contributed by atoms with Crippen LogP contribution in [0.5, 0.6) is 0 Å². The molecule has 0 radical (unpaired) electrons.